The monoisotopic (exact) mass is 192 g/mol. The molecule has 4 rings (SSSR count). The molecule has 4 atom stereocenters. The molecule has 3 heteroatoms. The van der Waals surface area contributed by atoms with E-state index in [9.17, 15) is 9.59 Å². The Balaban J connectivity index is 2.06. The Hall–Kier alpha value is -1.12. The number of hydrogen-bond acceptors (Lipinski definition) is 3. The van der Waals surface area contributed by atoms with Gasteiger partial charge in [0.25, 0.3) is 0 Å². The Kier molecular flexibility index (Phi) is 1.58. The lowest BCUT2D eigenvalue weighted by molar-refractivity contribution is -0.154. The first-order valence-electron chi connectivity index (χ1n) is 5.21. The molecule has 2 fully saturated rings. The third-order valence-electron chi connectivity index (χ3n) is 3.74. The van der Waals surface area contributed by atoms with E-state index in [-0.39, 0.29) is 35.6 Å². The molecule has 4 unspecified atom stereocenters. The Morgan fingerprint density at radius 3 is 2.00 bits per heavy atom. The summed E-state index contributed by atoms with van der Waals surface area (Å²) in [7, 11) is 0. The van der Waals surface area contributed by atoms with Crippen molar-refractivity contribution in [2.45, 2.75) is 19.3 Å². The van der Waals surface area contributed by atoms with Crippen LogP contribution in [0.15, 0.2) is 12.2 Å². The molecule has 3 nitrogen and oxygen atoms in total. The van der Waals surface area contributed by atoms with E-state index in [1.807, 2.05) is 0 Å². The highest BCUT2D eigenvalue weighted by molar-refractivity contribution is 5.97. The summed E-state index contributed by atoms with van der Waals surface area (Å²) >= 11 is 0. The summed E-state index contributed by atoms with van der Waals surface area (Å²) in [4.78, 5) is 23.0. The molecule has 0 aromatic heterocycles. The molecule has 1 heterocycles. The van der Waals surface area contributed by atoms with Crippen molar-refractivity contribution in [2.75, 3.05) is 0 Å². The molecular weight excluding hydrogens is 180 g/mol. The van der Waals surface area contributed by atoms with Crippen molar-refractivity contribution in [1.82, 2.24) is 0 Å². The first kappa shape index (κ1) is 8.21. The lowest BCUT2D eigenvalue weighted by Crippen LogP contribution is -2.31. The van der Waals surface area contributed by atoms with Crippen LogP contribution < -0.4 is 0 Å². The maximum absolute atomic E-state index is 11.5. The van der Waals surface area contributed by atoms with Crippen molar-refractivity contribution < 1.29 is 14.3 Å². The number of fused-ring (bicyclic) bond motifs is 2. The van der Waals surface area contributed by atoms with Crippen molar-refractivity contribution in [3.8, 4) is 0 Å². The van der Waals surface area contributed by atoms with E-state index in [0.717, 1.165) is 19.3 Å². The van der Waals surface area contributed by atoms with E-state index >= 15 is 0 Å². The second-order valence-corrected chi connectivity index (χ2v) is 4.44. The van der Waals surface area contributed by atoms with Gasteiger partial charge < -0.3 is 4.74 Å². The average molecular weight is 192 g/mol. The summed E-state index contributed by atoms with van der Waals surface area (Å²) in [6, 6.07) is 0. The van der Waals surface area contributed by atoms with Crippen LogP contribution in [0.25, 0.3) is 0 Å². The molecule has 0 amide bonds. The number of cyclic esters (lactones) is 2. The molecule has 4 aliphatic rings. The highest BCUT2D eigenvalue weighted by atomic mass is 16.6. The summed E-state index contributed by atoms with van der Waals surface area (Å²) in [5.74, 6) is -0.419. The van der Waals surface area contributed by atoms with Gasteiger partial charge in [-0.1, -0.05) is 18.6 Å². The minimum absolute atomic E-state index is 0.167. The number of hydrogen-bond donors (Lipinski definition) is 0. The first-order valence-corrected chi connectivity index (χ1v) is 5.21. The van der Waals surface area contributed by atoms with Crippen molar-refractivity contribution in [1.29, 1.82) is 0 Å². The zero-order chi connectivity index (χ0) is 9.71. The van der Waals surface area contributed by atoms with Crippen LogP contribution in [-0.4, -0.2) is 11.9 Å². The molecule has 14 heavy (non-hydrogen) atoms. The minimum atomic E-state index is -0.291. The molecule has 3 aliphatic carbocycles. The van der Waals surface area contributed by atoms with Crippen LogP contribution in [0, 0.1) is 23.7 Å². The molecule has 0 spiro atoms. The van der Waals surface area contributed by atoms with Gasteiger partial charge in [0.2, 0.25) is 0 Å². The Labute approximate surface area is 82.1 Å². The lowest BCUT2D eigenvalue weighted by atomic mass is 9.73. The Morgan fingerprint density at radius 2 is 1.50 bits per heavy atom. The summed E-state index contributed by atoms with van der Waals surface area (Å²) in [6.45, 7) is 0. The first-order chi connectivity index (χ1) is 6.77. The number of ether oxygens (including phenoxy) is 1. The summed E-state index contributed by atoms with van der Waals surface area (Å²) in [5, 5.41) is 0. The topological polar surface area (TPSA) is 43.4 Å². The van der Waals surface area contributed by atoms with Gasteiger partial charge in [-0.05, 0) is 24.7 Å². The fourth-order valence-electron chi connectivity index (χ4n) is 3.08. The molecule has 0 radical (unpaired) electrons. The molecular formula is C11H12O3. The van der Waals surface area contributed by atoms with Crippen molar-refractivity contribution >= 4 is 11.9 Å². The van der Waals surface area contributed by atoms with Crippen LogP contribution in [0.4, 0.5) is 0 Å². The molecule has 0 N–H and O–H groups in total. The minimum Gasteiger partial charge on any atom is -0.393 e. The fraction of sp³-hybridized carbons (Fsp3) is 0.636. The lowest BCUT2D eigenvalue weighted by Gasteiger charge is -2.25. The van der Waals surface area contributed by atoms with Gasteiger partial charge in [-0.25, -0.2) is 0 Å². The zero-order valence-electron chi connectivity index (χ0n) is 7.81. The standard InChI is InChI=1S/C11H12O3/c12-10-8-6-2-1-3-7(5-4-6)9(8)11(13)14-10/h4-9H,1-3H2. The largest absolute Gasteiger partial charge is 0.393 e. The van der Waals surface area contributed by atoms with E-state index in [0.29, 0.717) is 0 Å². The van der Waals surface area contributed by atoms with Crippen molar-refractivity contribution in [2.24, 2.45) is 23.7 Å². The molecule has 2 bridgehead atoms. The van der Waals surface area contributed by atoms with E-state index in [1.54, 1.807) is 0 Å². The molecule has 1 saturated heterocycles. The highest BCUT2D eigenvalue weighted by Gasteiger charge is 2.53. The Bertz CT molecular complexity index is 301. The maximum Gasteiger partial charge on any atom is 0.318 e. The average Bonchev–Trinajstić information content (AvgIpc) is 2.42. The number of allylic oxidation sites excluding steroid dienone is 2. The molecule has 1 saturated carbocycles. The fourth-order valence-corrected chi connectivity index (χ4v) is 3.08. The van der Waals surface area contributed by atoms with E-state index in [2.05, 4.69) is 12.2 Å². The van der Waals surface area contributed by atoms with Gasteiger partial charge in [0, 0.05) is 0 Å². The predicted octanol–water partition coefficient (Wildman–Crippen LogP) is 1.29. The molecule has 0 aromatic carbocycles. The third kappa shape index (κ3) is 0.925. The quantitative estimate of drug-likeness (QED) is 0.330. The molecule has 74 valence electrons. The van der Waals surface area contributed by atoms with Gasteiger partial charge in [0.15, 0.2) is 0 Å². The third-order valence-corrected chi connectivity index (χ3v) is 3.74. The van der Waals surface area contributed by atoms with E-state index in [4.69, 9.17) is 4.74 Å². The van der Waals surface area contributed by atoms with Gasteiger partial charge in [0.1, 0.15) is 0 Å². The van der Waals surface area contributed by atoms with E-state index < -0.39 is 0 Å². The second kappa shape index (κ2) is 2.69. The number of carbonyl (C=O) groups excluding carboxylic acids is 2. The van der Waals surface area contributed by atoms with Gasteiger partial charge in [-0.15, -0.1) is 0 Å². The van der Waals surface area contributed by atoms with Crippen LogP contribution in [0.1, 0.15) is 19.3 Å². The summed E-state index contributed by atoms with van der Waals surface area (Å²) in [6.07, 6.45) is 7.39. The van der Waals surface area contributed by atoms with Gasteiger partial charge in [-0.3, -0.25) is 9.59 Å². The number of rotatable bonds is 0. The summed E-state index contributed by atoms with van der Waals surface area (Å²) < 4.78 is 4.73. The van der Waals surface area contributed by atoms with Crippen LogP contribution >= 0.6 is 0 Å². The number of esters is 2. The van der Waals surface area contributed by atoms with Crippen LogP contribution in [-0.2, 0) is 14.3 Å². The highest BCUT2D eigenvalue weighted by Crippen LogP contribution is 2.46. The molecule has 1 aliphatic heterocycles. The second-order valence-electron chi connectivity index (χ2n) is 4.44. The summed E-state index contributed by atoms with van der Waals surface area (Å²) in [5.41, 5.74) is 0. The van der Waals surface area contributed by atoms with Crippen LogP contribution in [0.5, 0.6) is 0 Å². The van der Waals surface area contributed by atoms with Gasteiger partial charge in [-0.2, -0.15) is 0 Å². The van der Waals surface area contributed by atoms with Gasteiger partial charge >= 0.3 is 11.9 Å². The maximum atomic E-state index is 11.5. The normalized spacial score (nSPS) is 44.9. The number of carbonyl (C=O) groups is 2. The zero-order valence-corrected chi connectivity index (χ0v) is 7.81. The smallest absolute Gasteiger partial charge is 0.318 e. The SMILES string of the molecule is O=C1OC(=O)C2C3C=CC(CCC3)C12. The van der Waals surface area contributed by atoms with E-state index in [1.165, 1.54) is 0 Å². The predicted molar refractivity (Wildman–Crippen MR) is 48.1 cm³/mol. The van der Waals surface area contributed by atoms with Crippen molar-refractivity contribution in [3.05, 3.63) is 12.2 Å². The van der Waals surface area contributed by atoms with Gasteiger partial charge in [0.05, 0.1) is 11.8 Å². The van der Waals surface area contributed by atoms with Crippen molar-refractivity contribution in [3.63, 3.8) is 0 Å². The molecule has 0 aromatic rings. The Morgan fingerprint density at radius 1 is 1.00 bits per heavy atom. The van der Waals surface area contributed by atoms with Crippen LogP contribution in [0.3, 0.4) is 0 Å². The van der Waals surface area contributed by atoms with Crippen LogP contribution in [0.2, 0.25) is 0 Å².